The number of nitrogens with zero attached hydrogens (tertiary/aromatic N) is 4. The standard InChI is InChI=1S/C31H36F3N5O6/c1-18-8-10-19(11-9-18)17-42-23-13-12-20(14-22(23)31(32,33)34)24-35-25(45-38-24)21-15-39(16-21)26(36-27(40)43-29(2,3)4)37-28(41)44-30(5,6)7/h8-14,21H,15-17H2,1-7H3,(H,36,37,40,41). The molecule has 0 unspecified atom stereocenters. The Kier molecular flexibility index (Phi) is 9.45. The number of benzene rings is 2. The van der Waals surface area contributed by atoms with Gasteiger partial charge in [0.15, 0.2) is 0 Å². The summed E-state index contributed by atoms with van der Waals surface area (Å²) in [6, 6.07) is 10.9. The number of nitrogens with one attached hydrogen (secondary N) is 1. The number of aliphatic imine (C=N–C) groups is 1. The summed E-state index contributed by atoms with van der Waals surface area (Å²) in [5.41, 5.74) is -0.724. The lowest BCUT2D eigenvalue weighted by Gasteiger charge is -2.39. The van der Waals surface area contributed by atoms with Crippen LogP contribution < -0.4 is 10.1 Å². The van der Waals surface area contributed by atoms with Gasteiger partial charge in [-0.25, -0.2) is 9.59 Å². The van der Waals surface area contributed by atoms with Crippen LogP contribution in [-0.4, -0.2) is 57.5 Å². The van der Waals surface area contributed by atoms with Crippen molar-refractivity contribution in [1.82, 2.24) is 20.4 Å². The Hall–Kier alpha value is -4.62. The zero-order valence-electron chi connectivity index (χ0n) is 26.1. The molecule has 1 saturated heterocycles. The molecule has 0 saturated carbocycles. The third-order valence-corrected chi connectivity index (χ3v) is 6.23. The second-order valence-corrected chi connectivity index (χ2v) is 12.6. The normalized spacial score (nSPS) is 14.5. The van der Waals surface area contributed by atoms with Crippen molar-refractivity contribution < 1.29 is 41.5 Å². The number of rotatable bonds is 5. The van der Waals surface area contributed by atoms with Crippen molar-refractivity contribution in [2.45, 2.75) is 78.4 Å². The number of guanidine groups is 1. The van der Waals surface area contributed by atoms with Gasteiger partial charge in [0.2, 0.25) is 17.7 Å². The van der Waals surface area contributed by atoms with Gasteiger partial charge in [-0.15, -0.1) is 4.99 Å². The molecule has 0 radical (unpaired) electrons. The average molecular weight is 632 g/mol. The van der Waals surface area contributed by atoms with Crippen LogP contribution in [0.1, 0.15) is 70.0 Å². The van der Waals surface area contributed by atoms with E-state index in [1.54, 1.807) is 58.6 Å². The second kappa shape index (κ2) is 12.8. The highest BCUT2D eigenvalue weighted by molar-refractivity contribution is 5.99. The van der Waals surface area contributed by atoms with E-state index in [-0.39, 0.29) is 54.6 Å². The first-order chi connectivity index (χ1) is 20.9. The fraction of sp³-hybridized carbons (Fsp3) is 0.452. The van der Waals surface area contributed by atoms with Gasteiger partial charge in [0.05, 0.1) is 11.5 Å². The molecule has 1 aliphatic heterocycles. The van der Waals surface area contributed by atoms with Crippen LogP contribution in [0, 0.1) is 6.92 Å². The Morgan fingerprint density at radius 3 is 2.24 bits per heavy atom. The Labute approximate surface area is 258 Å². The number of hydrogen-bond donors (Lipinski definition) is 1. The Bertz CT molecular complexity index is 1550. The molecule has 4 rings (SSSR count). The van der Waals surface area contributed by atoms with Crippen molar-refractivity contribution in [3.63, 3.8) is 0 Å². The van der Waals surface area contributed by atoms with Crippen molar-refractivity contribution in [1.29, 1.82) is 0 Å². The van der Waals surface area contributed by atoms with Crippen LogP contribution >= 0.6 is 0 Å². The van der Waals surface area contributed by atoms with Gasteiger partial charge in [-0.1, -0.05) is 35.0 Å². The summed E-state index contributed by atoms with van der Waals surface area (Å²) in [7, 11) is 0. The number of carbonyl (C=O) groups excluding carboxylic acids is 2. The number of carbonyl (C=O) groups is 2. The van der Waals surface area contributed by atoms with Gasteiger partial charge in [-0.2, -0.15) is 18.2 Å². The van der Waals surface area contributed by atoms with Crippen molar-refractivity contribution in [2.24, 2.45) is 4.99 Å². The first-order valence-electron chi connectivity index (χ1n) is 14.2. The molecular weight excluding hydrogens is 595 g/mol. The molecule has 1 fully saturated rings. The average Bonchev–Trinajstić information content (AvgIpc) is 3.34. The summed E-state index contributed by atoms with van der Waals surface area (Å²) in [5.74, 6) is -0.628. The van der Waals surface area contributed by atoms with Crippen molar-refractivity contribution >= 4 is 18.1 Å². The number of halogens is 3. The summed E-state index contributed by atoms with van der Waals surface area (Å²) < 4.78 is 63.3. The lowest BCUT2D eigenvalue weighted by Crippen LogP contribution is -2.55. The molecule has 242 valence electrons. The van der Waals surface area contributed by atoms with Gasteiger partial charge in [0.1, 0.15) is 23.6 Å². The highest BCUT2D eigenvalue weighted by Gasteiger charge is 2.38. The van der Waals surface area contributed by atoms with Crippen molar-refractivity contribution in [3.8, 4) is 17.1 Å². The van der Waals surface area contributed by atoms with Crippen LogP contribution in [-0.2, 0) is 22.3 Å². The molecule has 14 heteroatoms. The second-order valence-electron chi connectivity index (χ2n) is 12.6. The minimum Gasteiger partial charge on any atom is -0.488 e. The molecule has 0 atom stereocenters. The molecule has 11 nitrogen and oxygen atoms in total. The molecular formula is C31H36F3N5O6. The van der Waals surface area contributed by atoms with Crippen LogP contribution in [0.4, 0.5) is 22.8 Å². The van der Waals surface area contributed by atoms with E-state index in [4.69, 9.17) is 18.7 Å². The van der Waals surface area contributed by atoms with Gasteiger partial charge in [0, 0.05) is 18.7 Å². The Morgan fingerprint density at radius 1 is 1.00 bits per heavy atom. The summed E-state index contributed by atoms with van der Waals surface area (Å²) in [6.45, 7) is 12.4. The number of amides is 2. The molecule has 3 aromatic rings. The maximum Gasteiger partial charge on any atom is 0.437 e. The van der Waals surface area contributed by atoms with E-state index in [0.717, 1.165) is 17.2 Å². The predicted molar refractivity (Wildman–Crippen MR) is 158 cm³/mol. The Morgan fingerprint density at radius 2 is 1.64 bits per heavy atom. The quantitative estimate of drug-likeness (QED) is 0.237. The number of aryl methyl sites for hydroxylation is 1. The number of alkyl halides is 3. The zero-order valence-corrected chi connectivity index (χ0v) is 26.1. The van der Waals surface area contributed by atoms with Gasteiger partial charge < -0.3 is 23.6 Å². The summed E-state index contributed by atoms with van der Waals surface area (Å²) in [5, 5.41) is 6.36. The van der Waals surface area contributed by atoms with Crippen molar-refractivity contribution in [3.05, 3.63) is 65.0 Å². The molecule has 1 N–H and O–H groups in total. The van der Waals surface area contributed by atoms with Gasteiger partial charge in [-0.05, 0) is 72.2 Å². The number of likely N-dealkylation sites (tertiary alicyclic amines) is 1. The monoisotopic (exact) mass is 631 g/mol. The molecule has 2 heterocycles. The van der Waals surface area contributed by atoms with E-state index in [1.807, 2.05) is 19.1 Å². The maximum absolute atomic E-state index is 14.0. The molecule has 1 aliphatic rings. The maximum atomic E-state index is 14.0. The highest BCUT2D eigenvalue weighted by Crippen LogP contribution is 2.39. The number of aromatic nitrogens is 2. The molecule has 45 heavy (non-hydrogen) atoms. The van der Waals surface area contributed by atoms with Crippen LogP contribution in [0.15, 0.2) is 52.0 Å². The van der Waals surface area contributed by atoms with E-state index in [0.29, 0.717) is 0 Å². The minimum atomic E-state index is -4.69. The largest absolute Gasteiger partial charge is 0.488 e. The van der Waals surface area contributed by atoms with Gasteiger partial charge >= 0.3 is 18.4 Å². The SMILES string of the molecule is Cc1ccc(COc2ccc(-c3noc(C4CN(C(=NC(=O)OC(C)(C)C)NC(=O)OC(C)(C)C)C4)n3)cc2C(F)(F)F)cc1. The molecule has 0 aliphatic carbocycles. The zero-order chi connectivity index (χ0) is 33.2. The van der Waals surface area contributed by atoms with Crippen LogP contribution in [0.3, 0.4) is 0 Å². The van der Waals surface area contributed by atoms with Gasteiger partial charge in [-0.3, -0.25) is 5.32 Å². The lowest BCUT2D eigenvalue weighted by molar-refractivity contribution is -0.139. The van der Waals surface area contributed by atoms with Crippen LogP contribution in [0.5, 0.6) is 5.75 Å². The van der Waals surface area contributed by atoms with Crippen molar-refractivity contribution in [2.75, 3.05) is 13.1 Å². The van der Waals surface area contributed by atoms with Crippen LogP contribution in [0.25, 0.3) is 11.4 Å². The molecule has 2 amide bonds. The number of hydrogen-bond acceptors (Lipinski definition) is 8. The highest BCUT2D eigenvalue weighted by atomic mass is 19.4. The number of alkyl carbamates (subject to hydrolysis) is 1. The predicted octanol–water partition coefficient (Wildman–Crippen LogP) is 6.86. The molecule has 2 aromatic carbocycles. The fourth-order valence-corrected chi connectivity index (χ4v) is 4.13. The minimum absolute atomic E-state index is 0.0325. The molecule has 0 bridgehead atoms. The third-order valence-electron chi connectivity index (χ3n) is 6.23. The smallest absolute Gasteiger partial charge is 0.437 e. The van der Waals surface area contributed by atoms with E-state index >= 15 is 0 Å². The van der Waals surface area contributed by atoms with E-state index in [9.17, 15) is 22.8 Å². The molecule has 0 spiro atoms. The van der Waals surface area contributed by atoms with E-state index in [1.165, 1.54) is 12.1 Å². The van der Waals surface area contributed by atoms with E-state index in [2.05, 4.69) is 20.4 Å². The fourth-order valence-electron chi connectivity index (χ4n) is 4.13. The first-order valence-corrected chi connectivity index (χ1v) is 14.2. The third kappa shape index (κ3) is 9.43. The lowest BCUT2D eigenvalue weighted by atomic mass is 10.0. The Balaban J connectivity index is 1.47. The van der Waals surface area contributed by atoms with Crippen LogP contribution in [0.2, 0.25) is 0 Å². The van der Waals surface area contributed by atoms with Gasteiger partial charge in [0.25, 0.3) is 0 Å². The topological polar surface area (TPSA) is 128 Å². The molecule has 1 aromatic heterocycles. The summed E-state index contributed by atoms with van der Waals surface area (Å²) in [6.07, 6.45) is -6.42. The summed E-state index contributed by atoms with van der Waals surface area (Å²) >= 11 is 0. The first kappa shape index (κ1) is 33.3. The summed E-state index contributed by atoms with van der Waals surface area (Å²) in [4.78, 5) is 34.6. The number of ether oxygens (including phenoxy) is 3. The van der Waals surface area contributed by atoms with E-state index < -0.39 is 35.1 Å².